The molecule has 34 heavy (non-hydrogen) atoms. The SMILES string of the molecule is CCCCOc1ccc(-c2cc3c(=O)n(Cc4nc(-c5ccccc5)oc4C)ccn3n2)cc1. The molecule has 172 valence electrons. The number of benzene rings is 2. The zero-order valence-corrected chi connectivity index (χ0v) is 19.3. The van der Waals surface area contributed by atoms with Gasteiger partial charge >= 0.3 is 0 Å². The Balaban J connectivity index is 1.39. The fourth-order valence-corrected chi connectivity index (χ4v) is 3.79. The van der Waals surface area contributed by atoms with E-state index in [0.29, 0.717) is 30.3 Å². The van der Waals surface area contributed by atoms with Crippen LogP contribution in [0.3, 0.4) is 0 Å². The summed E-state index contributed by atoms with van der Waals surface area (Å²) in [5.74, 6) is 2.08. The van der Waals surface area contributed by atoms with Crippen molar-refractivity contribution in [3.05, 3.63) is 94.9 Å². The Hall–Kier alpha value is -4.13. The molecular formula is C27H26N4O3. The van der Waals surface area contributed by atoms with E-state index in [9.17, 15) is 4.79 Å². The Bertz CT molecular complexity index is 1460. The van der Waals surface area contributed by atoms with Crippen LogP contribution in [-0.2, 0) is 6.54 Å². The van der Waals surface area contributed by atoms with Crippen molar-refractivity contribution in [3.63, 3.8) is 0 Å². The zero-order chi connectivity index (χ0) is 23.5. The van der Waals surface area contributed by atoms with Crippen LogP contribution in [0.5, 0.6) is 5.75 Å². The van der Waals surface area contributed by atoms with Gasteiger partial charge in [0.2, 0.25) is 5.89 Å². The van der Waals surface area contributed by atoms with E-state index in [4.69, 9.17) is 9.15 Å². The number of hydrogen-bond donors (Lipinski definition) is 0. The molecule has 0 unspecified atom stereocenters. The summed E-state index contributed by atoms with van der Waals surface area (Å²) in [7, 11) is 0. The number of aryl methyl sites for hydroxylation is 1. The first-order valence-electron chi connectivity index (χ1n) is 11.5. The molecule has 0 spiro atoms. The molecule has 2 aromatic carbocycles. The highest BCUT2D eigenvalue weighted by Crippen LogP contribution is 2.23. The Kier molecular flexibility index (Phi) is 5.99. The molecule has 0 aliphatic carbocycles. The molecule has 0 saturated carbocycles. The van der Waals surface area contributed by atoms with Gasteiger partial charge in [-0.3, -0.25) is 4.79 Å². The van der Waals surface area contributed by atoms with Crippen LogP contribution in [0, 0.1) is 6.92 Å². The van der Waals surface area contributed by atoms with Crippen LogP contribution in [0.1, 0.15) is 31.2 Å². The van der Waals surface area contributed by atoms with Gasteiger partial charge in [-0.1, -0.05) is 31.5 Å². The summed E-state index contributed by atoms with van der Waals surface area (Å²) in [6.45, 7) is 5.03. The molecule has 0 N–H and O–H groups in total. The average molecular weight is 455 g/mol. The van der Waals surface area contributed by atoms with Gasteiger partial charge in [-0.15, -0.1) is 0 Å². The quantitative estimate of drug-likeness (QED) is 0.295. The number of rotatable bonds is 8. The molecule has 5 rings (SSSR count). The lowest BCUT2D eigenvalue weighted by Crippen LogP contribution is -2.22. The molecule has 7 heteroatoms. The minimum Gasteiger partial charge on any atom is -0.494 e. The molecule has 3 aromatic heterocycles. The second-order valence-electron chi connectivity index (χ2n) is 8.20. The van der Waals surface area contributed by atoms with E-state index < -0.39 is 0 Å². The van der Waals surface area contributed by atoms with E-state index in [2.05, 4.69) is 17.0 Å². The molecule has 7 nitrogen and oxygen atoms in total. The summed E-state index contributed by atoms with van der Waals surface area (Å²) in [6.07, 6.45) is 5.65. The highest BCUT2D eigenvalue weighted by Gasteiger charge is 2.14. The molecule has 0 radical (unpaired) electrons. The monoisotopic (exact) mass is 454 g/mol. The molecule has 3 heterocycles. The van der Waals surface area contributed by atoms with E-state index in [1.165, 1.54) is 0 Å². The predicted octanol–water partition coefficient (Wildman–Crippen LogP) is 5.35. The molecule has 0 aliphatic heterocycles. The third-order valence-corrected chi connectivity index (χ3v) is 5.75. The second kappa shape index (κ2) is 9.39. The van der Waals surface area contributed by atoms with Crippen LogP contribution in [0.25, 0.3) is 28.2 Å². The highest BCUT2D eigenvalue weighted by molar-refractivity contribution is 5.66. The summed E-state index contributed by atoms with van der Waals surface area (Å²) in [6, 6.07) is 19.3. The van der Waals surface area contributed by atoms with Crippen LogP contribution in [-0.4, -0.2) is 25.8 Å². The Morgan fingerprint density at radius 2 is 1.79 bits per heavy atom. The topological polar surface area (TPSA) is 74.6 Å². The van der Waals surface area contributed by atoms with Gasteiger partial charge in [-0.2, -0.15) is 5.10 Å². The Morgan fingerprint density at radius 3 is 2.56 bits per heavy atom. The van der Waals surface area contributed by atoms with Gasteiger partial charge in [0.05, 0.1) is 18.8 Å². The Morgan fingerprint density at radius 1 is 1.00 bits per heavy atom. The van der Waals surface area contributed by atoms with Crippen molar-refractivity contribution in [1.82, 2.24) is 19.2 Å². The van der Waals surface area contributed by atoms with Gasteiger partial charge in [0.15, 0.2) is 0 Å². The summed E-state index contributed by atoms with van der Waals surface area (Å²) >= 11 is 0. The maximum absolute atomic E-state index is 13.2. The first-order chi connectivity index (χ1) is 16.6. The summed E-state index contributed by atoms with van der Waals surface area (Å²) in [5.41, 5.74) is 3.66. The van der Waals surface area contributed by atoms with Crippen LogP contribution in [0.15, 0.2) is 82.3 Å². The van der Waals surface area contributed by atoms with E-state index in [0.717, 1.165) is 41.1 Å². The molecule has 0 fully saturated rings. The average Bonchev–Trinajstić information content (AvgIpc) is 3.46. The van der Waals surface area contributed by atoms with Gasteiger partial charge in [0.25, 0.3) is 5.56 Å². The summed E-state index contributed by atoms with van der Waals surface area (Å²) < 4.78 is 14.8. The molecular weight excluding hydrogens is 428 g/mol. The number of nitrogens with zero attached hydrogens (tertiary/aromatic N) is 4. The number of ether oxygens (including phenoxy) is 1. The number of unbranched alkanes of at least 4 members (excludes halogenated alkanes) is 1. The standard InChI is InChI=1S/C27H26N4O3/c1-3-4-16-33-22-12-10-20(11-13-22)23-17-25-27(32)30(14-15-31(25)29-23)18-24-19(2)34-26(28-24)21-8-6-5-7-9-21/h5-15,17H,3-4,16,18H2,1-2H3. The summed E-state index contributed by atoms with van der Waals surface area (Å²) in [4.78, 5) is 17.8. The maximum atomic E-state index is 13.2. The lowest BCUT2D eigenvalue weighted by molar-refractivity contribution is 0.309. The van der Waals surface area contributed by atoms with Crippen molar-refractivity contribution in [2.24, 2.45) is 0 Å². The van der Waals surface area contributed by atoms with Gasteiger partial charge in [-0.05, 0) is 55.8 Å². The second-order valence-corrected chi connectivity index (χ2v) is 8.20. The van der Waals surface area contributed by atoms with Gasteiger partial charge < -0.3 is 13.7 Å². The predicted molar refractivity (Wildman–Crippen MR) is 131 cm³/mol. The Labute approximate surface area is 197 Å². The normalized spacial score (nSPS) is 11.2. The fourth-order valence-electron chi connectivity index (χ4n) is 3.79. The minimum atomic E-state index is -0.135. The van der Waals surface area contributed by atoms with E-state index in [1.807, 2.05) is 67.6 Å². The summed E-state index contributed by atoms with van der Waals surface area (Å²) in [5, 5.41) is 4.59. The lowest BCUT2D eigenvalue weighted by Gasteiger charge is -2.05. The van der Waals surface area contributed by atoms with Gasteiger partial charge in [0.1, 0.15) is 22.7 Å². The van der Waals surface area contributed by atoms with Crippen molar-refractivity contribution in [2.45, 2.75) is 33.2 Å². The van der Waals surface area contributed by atoms with Crippen molar-refractivity contribution in [3.8, 4) is 28.5 Å². The first-order valence-corrected chi connectivity index (χ1v) is 11.5. The van der Waals surface area contributed by atoms with Crippen LogP contribution < -0.4 is 10.3 Å². The van der Waals surface area contributed by atoms with Gasteiger partial charge in [0, 0.05) is 23.5 Å². The molecule has 0 saturated heterocycles. The number of oxazole rings is 1. The largest absolute Gasteiger partial charge is 0.494 e. The van der Waals surface area contributed by atoms with E-state index in [-0.39, 0.29) is 5.56 Å². The third kappa shape index (κ3) is 4.37. The van der Waals surface area contributed by atoms with Gasteiger partial charge in [-0.25, -0.2) is 9.50 Å². The molecule has 0 amide bonds. The fraction of sp³-hybridized carbons (Fsp3) is 0.222. The molecule has 5 aromatic rings. The van der Waals surface area contributed by atoms with Crippen molar-refractivity contribution in [1.29, 1.82) is 0 Å². The highest BCUT2D eigenvalue weighted by atomic mass is 16.5. The molecule has 0 atom stereocenters. The van der Waals surface area contributed by atoms with Crippen LogP contribution >= 0.6 is 0 Å². The van der Waals surface area contributed by atoms with Crippen molar-refractivity contribution < 1.29 is 9.15 Å². The van der Waals surface area contributed by atoms with E-state index in [1.54, 1.807) is 21.5 Å². The minimum absolute atomic E-state index is 0.135. The number of fused-ring (bicyclic) bond motifs is 1. The zero-order valence-electron chi connectivity index (χ0n) is 19.3. The smallest absolute Gasteiger partial charge is 0.276 e. The molecule has 0 bridgehead atoms. The number of aromatic nitrogens is 4. The lowest BCUT2D eigenvalue weighted by atomic mass is 10.1. The van der Waals surface area contributed by atoms with E-state index >= 15 is 0 Å². The van der Waals surface area contributed by atoms with Crippen molar-refractivity contribution in [2.75, 3.05) is 6.61 Å². The van der Waals surface area contributed by atoms with Crippen LogP contribution in [0.2, 0.25) is 0 Å². The number of hydrogen-bond acceptors (Lipinski definition) is 5. The molecule has 0 aliphatic rings. The maximum Gasteiger partial charge on any atom is 0.276 e. The van der Waals surface area contributed by atoms with Crippen LogP contribution in [0.4, 0.5) is 0 Å². The van der Waals surface area contributed by atoms with Crippen molar-refractivity contribution >= 4 is 5.52 Å². The first kappa shape index (κ1) is 21.7. The third-order valence-electron chi connectivity index (χ3n) is 5.75.